The van der Waals surface area contributed by atoms with Crippen LogP contribution in [0.25, 0.3) is 10.3 Å². The maximum absolute atomic E-state index is 14.4. The van der Waals surface area contributed by atoms with Crippen molar-refractivity contribution >= 4 is 52.3 Å². The quantitative estimate of drug-likeness (QED) is 0.0589. The van der Waals surface area contributed by atoms with E-state index in [2.05, 4.69) is 86.5 Å². The van der Waals surface area contributed by atoms with Gasteiger partial charge in [0.05, 0.1) is 19.3 Å². The number of hydrogen-bond acceptors (Lipinski definition) is 10. The zero-order valence-corrected chi connectivity index (χ0v) is 39.6. The summed E-state index contributed by atoms with van der Waals surface area (Å²) in [6.45, 7) is 12.0. The van der Waals surface area contributed by atoms with Crippen molar-refractivity contribution in [3.8, 4) is 5.75 Å². The molecule has 5 atom stereocenters. The summed E-state index contributed by atoms with van der Waals surface area (Å²) in [7, 11) is -1.43. The molecule has 1 aliphatic heterocycles. The summed E-state index contributed by atoms with van der Waals surface area (Å²) in [5, 5.41) is 5.63. The van der Waals surface area contributed by atoms with Crippen molar-refractivity contribution in [3.63, 3.8) is 0 Å². The van der Waals surface area contributed by atoms with Gasteiger partial charge in [-0.2, -0.15) is 4.98 Å². The SMILES string of the molecule is CCC(O[Si](c1ccccc1)(c1ccccc1)C(C)(C)C)[C@@H]1C[C@@H](C(C)OC(C)=O)[C@H](n2c(=O)sc3c(=O)[nH]c(NC(c4ccccc4)(c4ccccc4)c4ccc(OC)cc4)nc32)O1. The molecule has 65 heavy (non-hydrogen) atoms. The Balaban J connectivity index is 1.25. The average molecular weight is 909 g/mol. The third-order valence-corrected chi connectivity index (χ3v) is 18.7. The topological polar surface area (TPSA) is 134 Å². The van der Waals surface area contributed by atoms with E-state index < -0.39 is 60.7 Å². The van der Waals surface area contributed by atoms with Gasteiger partial charge in [0.15, 0.2) is 5.65 Å². The number of carbonyl (C=O) groups is 1. The summed E-state index contributed by atoms with van der Waals surface area (Å²) in [4.78, 5) is 48.8. The summed E-state index contributed by atoms with van der Waals surface area (Å²) in [5.74, 6) is -0.122. The molecule has 1 aliphatic rings. The van der Waals surface area contributed by atoms with Crippen LogP contribution in [0.15, 0.2) is 155 Å². The van der Waals surface area contributed by atoms with Gasteiger partial charge in [0.2, 0.25) is 5.95 Å². The Morgan fingerprint density at radius 2 is 1.37 bits per heavy atom. The summed E-state index contributed by atoms with van der Waals surface area (Å²) in [6.07, 6.45) is -1.54. The van der Waals surface area contributed by atoms with Gasteiger partial charge in [0.1, 0.15) is 28.3 Å². The Kier molecular flexibility index (Phi) is 13.1. The van der Waals surface area contributed by atoms with Gasteiger partial charge in [-0.05, 0) is 64.0 Å². The van der Waals surface area contributed by atoms with Crippen LogP contribution in [0.3, 0.4) is 0 Å². The number of nitrogens with zero attached hydrogens (tertiary/aromatic N) is 2. The predicted molar refractivity (Wildman–Crippen MR) is 260 cm³/mol. The minimum absolute atomic E-state index is 0.137. The van der Waals surface area contributed by atoms with Crippen molar-refractivity contribution in [1.29, 1.82) is 0 Å². The van der Waals surface area contributed by atoms with E-state index in [0.29, 0.717) is 18.6 Å². The van der Waals surface area contributed by atoms with E-state index in [-0.39, 0.29) is 21.3 Å². The molecule has 336 valence electrons. The number of fused-ring (bicyclic) bond motifs is 1. The van der Waals surface area contributed by atoms with Crippen molar-refractivity contribution in [2.24, 2.45) is 5.92 Å². The smallest absolute Gasteiger partial charge is 0.311 e. The van der Waals surface area contributed by atoms with Crippen LogP contribution in [-0.4, -0.2) is 54.2 Å². The first-order valence-electron chi connectivity index (χ1n) is 22.1. The number of H-pyrrole nitrogens is 1. The molecule has 0 spiro atoms. The van der Waals surface area contributed by atoms with Gasteiger partial charge in [-0.15, -0.1) is 0 Å². The normalized spacial score (nSPS) is 17.7. The van der Waals surface area contributed by atoms with Crippen LogP contribution < -0.4 is 30.9 Å². The fraction of sp³-hybridized carbons (Fsp3) is 0.308. The summed E-state index contributed by atoms with van der Waals surface area (Å²) in [5.41, 5.74) is 1.21. The second-order valence-electron chi connectivity index (χ2n) is 17.6. The first kappa shape index (κ1) is 45.4. The summed E-state index contributed by atoms with van der Waals surface area (Å²) < 4.78 is 27.8. The van der Waals surface area contributed by atoms with Gasteiger partial charge >= 0.3 is 10.8 Å². The van der Waals surface area contributed by atoms with Gasteiger partial charge < -0.3 is 24.0 Å². The number of hydrogen-bond donors (Lipinski definition) is 2. The van der Waals surface area contributed by atoms with Crippen LogP contribution in [0, 0.1) is 5.92 Å². The highest BCUT2D eigenvalue weighted by atomic mass is 32.1. The molecule has 2 N–H and O–H groups in total. The van der Waals surface area contributed by atoms with Crippen molar-refractivity contribution < 1.29 is 23.4 Å². The maximum atomic E-state index is 14.4. The van der Waals surface area contributed by atoms with Gasteiger partial charge in [0.25, 0.3) is 13.9 Å². The molecule has 5 aromatic carbocycles. The van der Waals surface area contributed by atoms with E-state index in [1.54, 1.807) is 7.11 Å². The highest BCUT2D eigenvalue weighted by Crippen LogP contribution is 2.45. The lowest BCUT2D eigenvalue weighted by Gasteiger charge is -2.46. The molecule has 2 aromatic heterocycles. The number of ether oxygens (including phenoxy) is 3. The number of nitrogens with one attached hydrogen (secondary N) is 2. The van der Waals surface area contributed by atoms with Crippen molar-refractivity contribution in [2.75, 3.05) is 12.4 Å². The van der Waals surface area contributed by atoms with Crippen LogP contribution in [0.1, 0.15) is 77.3 Å². The van der Waals surface area contributed by atoms with Gasteiger partial charge in [-0.3, -0.25) is 23.9 Å². The van der Waals surface area contributed by atoms with Gasteiger partial charge in [-0.25, -0.2) is 0 Å². The number of anilines is 1. The van der Waals surface area contributed by atoms with Gasteiger partial charge in [-0.1, -0.05) is 172 Å². The molecule has 0 saturated carbocycles. The molecule has 0 radical (unpaired) electrons. The highest BCUT2D eigenvalue weighted by Gasteiger charge is 2.54. The Morgan fingerprint density at radius 3 is 1.86 bits per heavy atom. The molecular formula is C52H56N4O7SSi. The minimum Gasteiger partial charge on any atom is -0.497 e. The van der Waals surface area contributed by atoms with Crippen LogP contribution >= 0.6 is 11.3 Å². The van der Waals surface area contributed by atoms with E-state index >= 15 is 0 Å². The number of methoxy groups -OCH3 is 1. The van der Waals surface area contributed by atoms with Gasteiger partial charge in [0, 0.05) is 12.8 Å². The van der Waals surface area contributed by atoms with E-state index in [1.807, 2.05) is 104 Å². The predicted octanol–water partition coefficient (Wildman–Crippen LogP) is 8.77. The second kappa shape index (κ2) is 18.8. The third kappa shape index (κ3) is 8.61. The van der Waals surface area contributed by atoms with E-state index in [9.17, 15) is 14.4 Å². The number of rotatable bonds is 15. The number of thiazole rings is 1. The van der Waals surface area contributed by atoms with E-state index in [4.69, 9.17) is 23.6 Å². The van der Waals surface area contributed by atoms with Crippen LogP contribution in [0.5, 0.6) is 5.75 Å². The lowest BCUT2D eigenvalue weighted by molar-refractivity contribution is -0.150. The third-order valence-electron chi connectivity index (χ3n) is 12.7. The van der Waals surface area contributed by atoms with Crippen LogP contribution in [0.4, 0.5) is 5.95 Å². The number of esters is 1. The lowest BCUT2D eigenvalue weighted by atomic mass is 9.77. The highest BCUT2D eigenvalue weighted by molar-refractivity contribution is 7.16. The van der Waals surface area contributed by atoms with Crippen molar-refractivity contribution in [2.45, 2.75) is 89.5 Å². The molecule has 0 bridgehead atoms. The molecule has 0 amide bonds. The van der Waals surface area contributed by atoms with Crippen LogP contribution in [-0.2, 0) is 24.2 Å². The molecule has 7 aromatic rings. The molecular weight excluding hydrogens is 853 g/mol. The second-order valence-corrected chi connectivity index (χ2v) is 22.9. The van der Waals surface area contributed by atoms with Crippen molar-refractivity contribution in [3.05, 3.63) is 182 Å². The fourth-order valence-corrected chi connectivity index (χ4v) is 15.3. The number of aromatic amines is 1. The average Bonchev–Trinajstić information content (AvgIpc) is 3.90. The first-order chi connectivity index (χ1) is 31.3. The lowest BCUT2D eigenvalue weighted by Crippen LogP contribution is -2.68. The zero-order chi connectivity index (χ0) is 45.9. The standard InChI is InChI=1S/C52H56N4O7SSi/c1-8-43(63-65(51(4,5)6,40-25-17-11-18-26-40)41-27-19-12-20-28-41)44-33-42(34(2)61-35(3)57)48(62-44)56-46-45(64-50(56)59)47(58)54-49(53-46)55-52(36-21-13-9-14-22-36,37-23-15-10-16-24-37)38-29-31-39(60-7)32-30-38/h9-32,34,42-44,48H,8,33H2,1-7H3,(H2,53,54,55,58)/t34?,42-,43?,44-,48+/m0/s1. The van der Waals surface area contributed by atoms with Crippen molar-refractivity contribution in [1.82, 2.24) is 14.5 Å². The Morgan fingerprint density at radius 1 is 0.846 bits per heavy atom. The Hall–Kier alpha value is -6.12. The Bertz CT molecular complexity index is 2750. The Labute approximate surface area is 384 Å². The zero-order valence-electron chi connectivity index (χ0n) is 37.8. The summed E-state index contributed by atoms with van der Waals surface area (Å²) >= 11 is 0.810. The molecule has 11 nitrogen and oxygen atoms in total. The monoisotopic (exact) mass is 908 g/mol. The number of aromatic nitrogens is 3. The number of carbonyl (C=O) groups excluding carboxylic acids is 1. The van der Waals surface area contributed by atoms with E-state index in [1.165, 1.54) is 11.5 Å². The molecule has 0 aliphatic carbocycles. The van der Waals surface area contributed by atoms with Crippen LogP contribution in [0.2, 0.25) is 5.04 Å². The molecule has 13 heteroatoms. The molecule has 1 fully saturated rings. The maximum Gasteiger partial charge on any atom is 0.311 e. The fourth-order valence-electron chi connectivity index (χ4n) is 9.65. The molecule has 2 unspecified atom stereocenters. The minimum atomic E-state index is -3.05. The largest absolute Gasteiger partial charge is 0.497 e. The molecule has 3 heterocycles. The number of benzene rings is 5. The molecule has 1 saturated heterocycles. The molecule has 8 rings (SSSR count). The van der Waals surface area contributed by atoms with E-state index in [0.717, 1.165) is 38.4 Å². The first-order valence-corrected chi connectivity index (χ1v) is 24.8. The summed E-state index contributed by atoms with van der Waals surface area (Å²) in [6, 6.07) is 48.5.